The molecule has 0 radical (unpaired) electrons. The molecule has 0 bridgehead atoms. The van der Waals surface area contributed by atoms with Gasteiger partial charge in [0.05, 0.1) is 30.2 Å². The van der Waals surface area contributed by atoms with Gasteiger partial charge in [-0.1, -0.05) is 6.08 Å². The van der Waals surface area contributed by atoms with Crippen LogP contribution >= 0.6 is 0 Å². The van der Waals surface area contributed by atoms with Crippen LogP contribution in [0.5, 0.6) is 5.75 Å². The molecular formula is C22H30F3N3O3S. The lowest BCUT2D eigenvalue weighted by atomic mass is 9.96. The Hall–Kier alpha value is -1.65. The number of aromatic nitrogens is 1. The first kappa shape index (κ1) is 23.5. The number of hydrogen-bond donors (Lipinski definition) is 0. The molecule has 0 amide bonds. The van der Waals surface area contributed by atoms with Gasteiger partial charge in [-0.25, -0.2) is 8.42 Å². The predicted molar refractivity (Wildman–Crippen MR) is 116 cm³/mol. The van der Waals surface area contributed by atoms with Crippen molar-refractivity contribution < 1.29 is 26.3 Å². The summed E-state index contributed by atoms with van der Waals surface area (Å²) in [7, 11) is -3.18. The molecule has 32 heavy (non-hydrogen) atoms. The lowest BCUT2D eigenvalue weighted by Gasteiger charge is -2.34. The molecule has 4 rings (SSSR count). The van der Waals surface area contributed by atoms with E-state index in [1.54, 1.807) is 6.20 Å². The fourth-order valence-corrected chi connectivity index (χ4v) is 5.24. The van der Waals surface area contributed by atoms with Crippen molar-refractivity contribution in [1.82, 2.24) is 14.2 Å². The number of halogens is 3. The molecule has 0 N–H and O–H groups in total. The summed E-state index contributed by atoms with van der Waals surface area (Å²) in [6.45, 7) is 2.84. The summed E-state index contributed by atoms with van der Waals surface area (Å²) in [5.41, 5.74) is 0.384. The minimum atomic E-state index is -4.09. The normalized spacial score (nSPS) is 23.1. The van der Waals surface area contributed by atoms with Crippen LogP contribution in [-0.4, -0.2) is 74.4 Å². The second kappa shape index (κ2) is 8.95. The van der Waals surface area contributed by atoms with E-state index in [0.29, 0.717) is 50.9 Å². The SMILES string of the molecule is CS(=O)(=O)N1CC=C(c2ccc(OCC3CCN(CC4(C(F)(F)F)CC4)CC3)cn2)CC1. The molecule has 0 spiro atoms. The standard InChI is InChI=1S/C22H30F3N3O3S/c1-32(29,30)28-12-6-18(7-13-28)20-3-2-19(14-26-20)31-15-17-4-10-27(11-5-17)16-21(8-9-21)22(23,24)25/h2-3,6,14,17H,4-5,7-13,15-16H2,1H3. The summed E-state index contributed by atoms with van der Waals surface area (Å²) in [5.74, 6) is 0.995. The number of sulfonamides is 1. The number of alkyl halides is 3. The van der Waals surface area contributed by atoms with Gasteiger partial charge in [-0.15, -0.1) is 0 Å². The quantitative estimate of drug-likeness (QED) is 0.606. The molecule has 10 heteroatoms. The predicted octanol–water partition coefficient (Wildman–Crippen LogP) is 3.56. The maximum absolute atomic E-state index is 13.2. The van der Waals surface area contributed by atoms with Gasteiger partial charge in [0.1, 0.15) is 5.75 Å². The highest BCUT2D eigenvalue weighted by molar-refractivity contribution is 7.88. The molecule has 1 saturated heterocycles. The van der Waals surface area contributed by atoms with Crippen LogP contribution in [0.1, 0.15) is 37.8 Å². The van der Waals surface area contributed by atoms with Crippen molar-refractivity contribution in [2.24, 2.45) is 11.3 Å². The molecule has 3 heterocycles. The zero-order valence-electron chi connectivity index (χ0n) is 18.3. The topological polar surface area (TPSA) is 62.7 Å². The molecule has 0 aromatic carbocycles. The minimum Gasteiger partial charge on any atom is -0.492 e. The molecule has 2 fully saturated rings. The monoisotopic (exact) mass is 473 g/mol. The Labute approximate surface area is 187 Å². The summed E-state index contributed by atoms with van der Waals surface area (Å²) >= 11 is 0. The van der Waals surface area contributed by atoms with E-state index in [-0.39, 0.29) is 19.4 Å². The lowest BCUT2D eigenvalue weighted by molar-refractivity contribution is -0.192. The van der Waals surface area contributed by atoms with Crippen molar-refractivity contribution in [3.63, 3.8) is 0 Å². The summed E-state index contributed by atoms with van der Waals surface area (Å²) in [6, 6.07) is 3.74. The third kappa shape index (κ3) is 5.46. The van der Waals surface area contributed by atoms with Crippen LogP contribution in [0.15, 0.2) is 24.4 Å². The first-order valence-electron chi connectivity index (χ1n) is 11.1. The van der Waals surface area contributed by atoms with Gasteiger partial charge in [0.15, 0.2) is 0 Å². The van der Waals surface area contributed by atoms with E-state index in [1.165, 1.54) is 10.6 Å². The highest BCUT2D eigenvalue weighted by Gasteiger charge is 2.63. The van der Waals surface area contributed by atoms with Crippen LogP contribution in [-0.2, 0) is 10.0 Å². The van der Waals surface area contributed by atoms with E-state index in [0.717, 1.165) is 24.1 Å². The van der Waals surface area contributed by atoms with Crippen LogP contribution in [0.2, 0.25) is 0 Å². The van der Waals surface area contributed by atoms with E-state index < -0.39 is 21.6 Å². The van der Waals surface area contributed by atoms with E-state index >= 15 is 0 Å². The highest BCUT2D eigenvalue weighted by atomic mass is 32.2. The molecule has 0 unspecified atom stereocenters. The van der Waals surface area contributed by atoms with Gasteiger partial charge < -0.3 is 9.64 Å². The van der Waals surface area contributed by atoms with Crippen molar-refractivity contribution in [3.05, 3.63) is 30.1 Å². The Morgan fingerprint density at radius 1 is 1.19 bits per heavy atom. The summed E-state index contributed by atoms with van der Waals surface area (Å²) in [6.07, 6.45) is 3.50. The van der Waals surface area contributed by atoms with Crippen LogP contribution in [0.25, 0.3) is 5.57 Å². The molecule has 2 aliphatic heterocycles. The van der Waals surface area contributed by atoms with E-state index in [1.807, 2.05) is 23.1 Å². The van der Waals surface area contributed by atoms with Crippen molar-refractivity contribution in [2.75, 3.05) is 45.6 Å². The van der Waals surface area contributed by atoms with E-state index in [2.05, 4.69) is 4.98 Å². The number of likely N-dealkylation sites (tertiary alicyclic amines) is 1. The maximum Gasteiger partial charge on any atom is 0.395 e. The van der Waals surface area contributed by atoms with Crippen molar-refractivity contribution in [3.8, 4) is 5.75 Å². The second-order valence-corrected chi connectivity index (χ2v) is 11.3. The number of hydrogen-bond acceptors (Lipinski definition) is 5. The van der Waals surface area contributed by atoms with Crippen molar-refractivity contribution in [1.29, 1.82) is 0 Å². The van der Waals surface area contributed by atoms with Gasteiger partial charge in [0.2, 0.25) is 10.0 Å². The van der Waals surface area contributed by atoms with Crippen LogP contribution in [0.3, 0.4) is 0 Å². The fourth-order valence-electron chi connectivity index (χ4n) is 4.48. The Kier molecular flexibility index (Phi) is 6.57. The van der Waals surface area contributed by atoms with Crippen LogP contribution in [0, 0.1) is 11.3 Å². The molecule has 3 aliphatic rings. The van der Waals surface area contributed by atoms with Crippen molar-refractivity contribution in [2.45, 2.75) is 38.3 Å². The third-order valence-electron chi connectivity index (χ3n) is 6.88. The zero-order chi connectivity index (χ0) is 23.0. The third-order valence-corrected chi connectivity index (χ3v) is 8.15. The molecular weight excluding hydrogens is 443 g/mol. The average molecular weight is 474 g/mol. The minimum absolute atomic E-state index is 0.132. The lowest BCUT2D eigenvalue weighted by Crippen LogP contribution is -2.43. The molecule has 1 saturated carbocycles. The molecule has 178 valence electrons. The Morgan fingerprint density at radius 3 is 2.41 bits per heavy atom. The molecule has 1 aromatic heterocycles. The Morgan fingerprint density at radius 2 is 1.91 bits per heavy atom. The summed E-state index contributed by atoms with van der Waals surface area (Å²) in [5, 5.41) is 0. The first-order valence-corrected chi connectivity index (χ1v) is 12.9. The highest BCUT2D eigenvalue weighted by Crippen LogP contribution is 2.58. The number of pyridine rings is 1. The number of rotatable bonds is 7. The first-order chi connectivity index (χ1) is 15.1. The van der Waals surface area contributed by atoms with Gasteiger partial charge in [-0.05, 0) is 68.8 Å². The van der Waals surface area contributed by atoms with Crippen LogP contribution < -0.4 is 4.74 Å². The number of nitrogens with zero attached hydrogens (tertiary/aromatic N) is 3. The fraction of sp³-hybridized carbons (Fsp3) is 0.682. The van der Waals surface area contributed by atoms with E-state index in [4.69, 9.17) is 4.74 Å². The molecule has 6 nitrogen and oxygen atoms in total. The number of ether oxygens (including phenoxy) is 1. The van der Waals surface area contributed by atoms with Gasteiger partial charge in [-0.3, -0.25) is 4.98 Å². The average Bonchev–Trinajstić information content (AvgIpc) is 3.54. The smallest absolute Gasteiger partial charge is 0.395 e. The zero-order valence-corrected chi connectivity index (χ0v) is 19.1. The largest absolute Gasteiger partial charge is 0.492 e. The molecule has 0 atom stereocenters. The summed E-state index contributed by atoms with van der Waals surface area (Å²) in [4.78, 5) is 6.41. The Balaban J connectivity index is 1.22. The van der Waals surface area contributed by atoms with Gasteiger partial charge in [0, 0.05) is 19.6 Å². The van der Waals surface area contributed by atoms with E-state index in [9.17, 15) is 21.6 Å². The van der Waals surface area contributed by atoms with Crippen LogP contribution in [0.4, 0.5) is 13.2 Å². The second-order valence-electron chi connectivity index (χ2n) is 9.29. The van der Waals surface area contributed by atoms with Gasteiger partial charge in [0.25, 0.3) is 0 Å². The summed E-state index contributed by atoms with van der Waals surface area (Å²) < 4.78 is 70.0. The molecule has 1 aliphatic carbocycles. The van der Waals surface area contributed by atoms with Gasteiger partial charge >= 0.3 is 6.18 Å². The maximum atomic E-state index is 13.2. The van der Waals surface area contributed by atoms with Crippen molar-refractivity contribution >= 4 is 15.6 Å². The number of piperidine rings is 1. The Bertz CT molecular complexity index is 935. The molecule has 1 aromatic rings. The van der Waals surface area contributed by atoms with Gasteiger partial charge in [-0.2, -0.15) is 17.5 Å².